The van der Waals surface area contributed by atoms with Gasteiger partial charge in [-0.05, 0) is 63.2 Å². The summed E-state index contributed by atoms with van der Waals surface area (Å²) in [6.07, 6.45) is 9.87. The van der Waals surface area contributed by atoms with E-state index in [1.165, 1.54) is 37.5 Å². The lowest BCUT2D eigenvalue weighted by molar-refractivity contribution is -0.161. The molecule has 1 spiro atoms. The second-order valence-corrected chi connectivity index (χ2v) is 16.9. The van der Waals surface area contributed by atoms with Crippen molar-refractivity contribution in [3.05, 3.63) is 16.6 Å². The van der Waals surface area contributed by atoms with E-state index in [0.29, 0.717) is 62.7 Å². The van der Waals surface area contributed by atoms with Crippen LogP contribution in [0.15, 0.2) is 11.7 Å². The van der Waals surface area contributed by atoms with Crippen LogP contribution in [0.5, 0.6) is 0 Å². The molecule has 49 heavy (non-hydrogen) atoms. The van der Waals surface area contributed by atoms with E-state index in [4.69, 9.17) is 9.47 Å². The topological polar surface area (TPSA) is 147 Å². The first-order valence-electron chi connectivity index (χ1n) is 18.2. The fraction of sp³-hybridized carbons (Fsp3) is 0.778. The first-order chi connectivity index (χ1) is 23.3. The number of ether oxygens (including phenoxy) is 2. The van der Waals surface area contributed by atoms with Gasteiger partial charge < -0.3 is 29.9 Å². The van der Waals surface area contributed by atoms with E-state index in [9.17, 15) is 24.0 Å². The molecular formula is C36H53N5O7S. The van der Waals surface area contributed by atoms with Crippen LogP contribution in [-0.4, -0.2) is 101 Å². The number of nitrogens with one attached hydrogen (secondary N) is 2. The predicted octanol–water partition coefficient (Wildman–Crippen LogP) is 3.55. The average molecular weight is 700 g/mol. The highest BCUT2D eigenvalue weighted by molar-refractivity contribution is 7.11. The van der Waals surface area contributed by atoms with E-state index in [1.807, 2.05) is 11.8 Å². The summed E-state index contributed by atoms with van der Waals surface area (Å²) in [4.78, 5) is 74.6. The van der Waals surface area contributed by atoms with Gasteiger partial charge in [0.05, 0.1) is 23.7 Å². The van der Waals surface area contributed by atoms with Gasteiger partial charge in [0.2, 0.25) is 17.7 Å². The van der Waals surface area contributed by atoms with Gasteiger partial charge >= 0.3 is 5.97 Å². The maximum atomic E-state index is 14.3. The summed E-state index contributed by atoms with van der Waals surface area (Å²) in [6, 6.07) is -0.965. The van der Waals surface area contributed by atoms with Gasteiger partial charge in [0.1, 0.15) is 11.0 Å². The lowest BCUT2D eigenvalue weighted by Crippen LogP contribution is -2.65. The number of likely N-dealkylation sites (tertiary alicyclic amines) is 2. The highest BCUT2D eigenvalue weighted by atomic mass is 32.1. The van der Waals surface area contributed by atoms with E-state index in [2.05, 4.69) is 29.5 Å². The number of carbonyl (C=O) groups excluding carboxylic acids is 5. The van der Waals surface area contributed by atoms with Gasteiger partial charge in [-0.2, -0.15) is 0 Å². The van der Waals surface area contributed by atoms with Crippen LogP contribution < -0.4 is 10.6 Å². The molecule has 0 unspecified atom stereocenters. The van der Waals surface area contributed by atoms with E-state index in [0.717, 1.165) is 19.3 Å². The number of thiazole rings is 1. The molecule has 0 aromatic carbocycles. The first kappa shape index (κ1) is 35.8. The van der Waals surface area contributed by atoms with Gasteiger partial charge in [0.15, 0.2) is 6.04 Å². The van der Waals surface area contributed by atoms with Crippen LogP contribution in [0.4, 0.5) is 0 Å². The van der Waals surface area contributed by atoms with Crippen LogP contribution in [0.2, 0.25) is 0 Å². The Morgan fingerprint density at radius 1 is 0.980 bits per heavy atom. The van der Waals surface area contributed by atoms with Crippen molar-refractivity contribution < 1.29 is 33.4 Å². The van der Waals surface area contributed by atoms with Crippen molar-refractivity contribution >= 4 is 40.9 Å². The molecule has 2 N–H and O–H groups in total. The van der Waals surface area contributed by atoms with Gasteiger partial charge in [-0.15, -0.1) is 11.3 Å². The Morgan fingerprint density at radius 3 is 2.27 bits per heavy atom. The number of nitrogens with zero attached hydrogens (tertiary/aromatic N) is 3. The highest BCUT2D eigenvalue weighted by Gasteiger charge is 2.62. The molecule has 2 aliphatic heterocycles. The van der Waals surface area contributed by atoms with Gasteiger partial charge in [0.25, 0.3) is 5.91 Å². The second-order valence-electron chi connectivity index (χ2n) is 16.0. The number of carbonyl (C=O) groups is 5. The molecule has 6 rings (SSSR count). The molecule has 3 aliphatic carbocycles. The second kappa shape index (κ2) is 14.7. The summed E-state index contributed by atoms with van der Waals surface area (Å²) in [5, 5.41) is 5.99. The molecule has 12 nitrogen and oxygen atoms in total. The molecule has 5 aliphatic rings. The van der Waals surface area contributed by atoms with Crippen LogP contribution in [0.3, 0.4) is 0 Å². The molecule has 4 amide bonds. The van der Waals surface area contributed by atoms with Crippen molar-refractivity contribution in [2.75, 3.05) is 32.8 Å². The first-order valence-corrected chi connectivity index (χ1v) is 19.1. The third-order valence-electron chi connectivity index (χ3n) is 11.7. The molecule has 3 saturated carbocycles. The number of hydrogen-bond donors (Lipinski definition) is 2. The quantitative estimate of drug-likeness (QED) is 0.334. The minimum atomic E-state index is -1.03. The number of rotatable bonds is 11. The van der Waals surface area contributed by atoms with Crippen molar-refractivity contribution in [3.63, 3.8) is 0 Å². The Hall–Kier alpha value is -3.06. The van der Waals surface area contributed by atoms with Gasteiger partial charge in [0, 0.05) is 57.1 Å². The molecule has 5 fully saturated rings. The van der Waals surface area contributed by atoms with Crippen molar-refractivity contribution in [2.24, 2.45) is 28.6 Å². The number of amides is 4. The van der Waals surface area contributed by atoms with Crippen molar-refractivity contribution in [3.8, 4) is 0 Å². The minimum absolute atomic E-state index is 0.00894. The fourth-order valence-electron chi connectivity index (χ4n) is 8.47. The third kappa shape index (κ3) is 8.13. The van der Waals surface area contributed by atoms with Crippen LogP contribution in [0.25, 0.3) is 0 Å². The van der Waals surface area contributed by atoms with E-state index >= 15 is 0 Å². The van der Waals surface area contributed by atoms with Gasteiger partial charge in [-0.3, -0.25) is 24.2 Å². The SMILES string of the molecule is CC(=O)NC1CCC(OC(=O)[C@@H](NC(=O)[C@@H]2CN(C(=O)c3cncs3)CC23CN(C(=O)[C@H]2CC2(C)C)C3)[C@@H](C)OCC2CCCCC2)CC1. The zero-order chi connectivity index (χ0) is 34.9. The molecule has 4 atom stereocenters. The van der Waals surface area contributed by atoms with E-state index in [-0.39, 0.29) is 53.7 Å². The van der Waals surface area contributed by atoms with Crippen molar-refractivity contribution in [1.82, 2.24) is 25.4 Å². The summed E-state index contributed by atoms with van der Waals surface area (Å²) >= 11 is 1.26. The summed E-state index contributed by atoms with van der Waals surface area (Å²) in [6.45, 7) is 9.34. The summed E-state index contributed by atoms with van der Waals surface area (Å²) in [5.41, 5.74) is 0.995. The van der Waals surface area contributed by atoms with Crippen molar-refractivity contribution in [2.45, 2.75) is 116 Å². The maximum Gasteiger partial charge on any atom is 0.331 e. The van der Waals surface area contributed by atoms with E-state index < -0.39 is 29.4 Å². The number of hydrogen-bond acceptors (Lipinski definition) is 9. The molecule has 1 aromatic rings. The Morgan fingerprint density at radius 2 is 1.65 bits per heavy atom. The monoisotopic (exact) mass is 699 g/mol. The predicted molar refractivity (Wildman–Crippen MR) is 182 cm³/mol. The van der Waals surface area contributed by atoms with Crippen LogP contribution in [0, 0.1) is 28.6 Å². The molecular weight excluding hydrogens is 646 g/mol. The van der Waals surface area contributed by atoms with Gasteiger partial charge in [-0.25, -0.2) is 4.79 Å². The Bertz CT molecular complexity index is 1380. The number of esters is 1. The number of aromatic nitrogens is 1. The third-order valence-corrected chi connectivity index (χ3v) is 12.5. The highest BCUT2D eigenvalue weighted by Crippen LogP contribution is 2.54. The largest absolute Gasteiger partial charge is 0.461 e. The van der Waals surface area contributed by atoms with Crippen LogP contribution >= 0.6 is 11.3 Å². The smallest absolute Gasteiger partial charge is 0.331 e. The van der Waals surface area contributed by atoms with Gasteiger partial charge in [-0.1, -0.05) is 33.1 Å². The molecule has 13 heteroatoms. The average Bonchev–Trinajstić information content (AvgIpc) is 3.42. The zero-order valence-electron chi connectivity index (χ0n) is 29.4. The molecule has 270 valence electrons. The minimum Gasteiger partial charge on any atom is -0.461 e. The lowest BCUT2D eigenvalue weighted by Gasteiger charge is -2.50. The summed E-state index contributed by atoms with van der Waals surface area (Å²) < 4.78 is 12.3. The lowest BCUT2D eigenvalue weighted by atomic mass is 9.70. The summed E-state index contributed by atoms with van der Waals surface area (Å²) in [7, 11) is 0. The zero-order valence-corrected chi connectivity index (χ0v) is 30.2. The Labute approximate surface area is 293 Å². The van der Waals surface area contributed by atoms with Crippen molar-refractivity contribution in [1.29, 1.82) is 0 Å². The Balaban J connectivity index is 1.16. The summed E-state index contributed by atoms with van der Waals surface area (Å²) in [5.74, 6) is -1.20. The van der Waals surface area contributed by atoms with E-state index in [1.54, 1.807) is 16.6 Å². The maximum absolute atomic E-state index is 14.3. The Kier molecular flexibility index (Phi) is 10.7. The van der Waals surface area contributed by atoms with Crippen LogP contribution in [0.1, 0.15) is 102 Å². The fourth-order valence-corrected chi connectivity index (χ4v) is 9.06. The standard InChI is InChI=1S/C36H53N5O7S/c1-22(47-17-24-8-6-5-7-9-24)30(34(46)48-26-12-10-25(11-13-26)38-23(2)42)39-31(43)28-16-40(33(45)29-15-37-21-49-29)18-36(28)19-41(20-36)32(44)27-14-35(27,3)4/h15,21-22,24-28,30H,5-14,16-20H2,1-4H3,(H,38,42)(H,39,43)/t22-,25?,26?,27-,28+,30+/m1/s1. The molecule has 3 heterocycles. The normalized spacial score (nSPS) is 28.7. The van der Waals surface area contributed by atoms with Crippen LogP contribution in [-0.2, 0) is 28.7 Å². The molecule has 1 aromatic heterocycles. The molecule has 2 saturated heterocycles. The molecule has 0 radical (unpaired) electrons. The molecule has 0 bridgehead atoms.